The maximum Gasteiger partial charge on any atom is 0.220 e. The lowest BCUT2D eigenvalue weighted by Crippen LogP contribution is -2.55. The maximum absolute atomic E-state index is 12.2. The molecule has 2 aliphatic rings. The third-order valence-corrected chi connectivity index (χ3v) is 6.37. The SMILES string of the molecule is O=C(CCC[C@H]1NCC2CC1CN(Cc1cccnc1)C2)NCCOc1ccccc1. The normalized spacial score (nSPS) is 23.3. The number of amides is 1. The number of aromatic nitrogens is 1. The van der Waals surface area contributed by atoms with Gasteiger partial charge in [0, 0.05) is 44.5 Å². The Bertz CT molecular complexity index is 802. The molecule has 2 saturated heterocycles. The summed E-state index contributed by atoms with van der Waals surface area (Å²) in [5, 5.41) is 6.73. The molecule has 166 valence electrons. The minimum Gasteiger partial charge on any atom is -0.492 e. The van der Waals surface area contributed by atoms with Gasteiger partial charge in [-0.05, 0) is 61.4 Å². The Balaban J connectivity index is 1.13. The number of pyridine rings is 1. The summed E-state index contributed by atoms with van der Waals surface area (Å²) in [7, 11) is 0. The Hall–Kier alpha value is -2.44. The van der Waals surface area contributed by atoms with Crippen LogP contribution in [0.4, 0.5) is 0 Å². The van der Waals surface area contributed by atoms with Crippen molar-refractivity contribution in [3.8, 4) is 5.75 Å². The molecule has 4 rings (SSSR count). The monoisotopic (exact) mass is 422 g/mol. The predicted molar refractivity (Wildman–Crippen MR) is 122 cm³/mol. The van der Waals surface area contributed by atoms with Crippen LogP contribution < -0.4 is 15.4 Å². The van der Waals surface area contributed by atoms with Crippen molar-refractivity contribution in [1.29, 1.82) is 0 Å². The molecule has 1 aromatic heterocycles. The van der Waals surface area contributed by atoms with Crippen LogP contribution in [0.15, 0.2) is 54.9 Å². The minimum absolute atomic E-state index is 0.118. The van der Waals surface area contributed by atoms with Crippen LogP contribution in [-0.2, 0) is 11.3 Å². The number of rotatable bonds is 10. The molecule has 1 amide bonds. The van der Waals surface area contributed by atoms with Gasteiger partial charge in [-0.25, -0.2) is 0 Å². The van der Waals surface area contributed by atoms with E-state index in [1.807, 2.05) is 48.8 Å². The standard InChI is InChI=1S/C25H34N4O2/c30-25(27-12-13-31-23-7-2-1-3-8-23)10-4-9-24-22-14-21(16-28-24)18-29(19-22)17-20-6-5-11-26-15-20/h1-3,5-8,11,15,21-22,24,28H,4,9-10,12-14,16-19H2,(H,27,30)/t21?,22?,24-/m1/s1. The van der Waals surface area contributed by atoms with E-state index in [1.165, 1.54) is 18.5 Å². The molecule has 2 aliphatic heterocycles. The molecule has 2 fully saturated rings. The Morgan fingerprint density at radius 1 is 1.19 bits per heavy atom. The number of piperidine rings is 2. The Morgan fingerprint density at radius 3 is 2.94 bits per heavy atom. The molecule has 31 heavy (non-hydrogen) atoms. The number of ether oxygens (including phenoxy) is 1. The van der Waals surface area contributed by atoms with Crippen molar-refractivity contribution < 1.29 is 9.53 Å². The fourth-order valence-corrected chi connectivity index (χ4v) is 4.94. The van der Waals surface area contributed by atoms with Crippen LogP contribution in [0.2, 0.25) is 0 Å². The summed E-state index contributed by atoms with van der Waals surface area (Å²) in [4.78, 5) is 19.0. The summed E-state index contributed by atoms with van der Waals surface area (Å²) in [5.41, 5.74) is 1.29. The summed E-state index contributed by atoms with van der Waals surface area (Å²) in [5.74, 6) is 2.36. The topological polar surface area (TPSA) is 66.5 Å². The third-order valence-electron chi connectivity index (χ3n) is 6.37. The van der Waals surface area contributed by atoms with Gasteiger partial charge < -0.3 is 15.4 Å². The van der Waals surface area contributed by atoms with Gasteiger partial charge in [0.2, 0.25) is 5.91 Å². The third kappa shape index (κ3) is 6.77. The molecule has 0 spiro atoms. The Labute approximate surface area is 185 Å². The van der Waals surface area contributed by atoms with Gasteiger partial charge >= 0.3 is 0 Å². The van der Waals surface area contributed by atoms with Crippen molar-refractivity contribution in [2.45, 2.75) is 38.3 Å². The number of hydrogen-bond donors (Lipinski definition) is 2. The first-order chi connectivity index (χ1) is 15.3. The molecule has 0 radical (unpaired) electrons. The smallest absolute Gasteiger partial charge is 0.220 e. The van der Waals surface area contributed by atoms with Crippen LogP contribution >= 0.6 is 0 Å². The van der Waals surface area contributed by atoms with E-state index < -0.39 is 0 Å². The van der Waals surface area contributed by atoms with Crippen molar-refractivity contribution >= 4 is 5.91 Å². The number of benzene rings is 1. The van der Waals surface area contributed by atoms with E-state index in [0.717, 1.165) is 44.1 Å². The van der Waals surface area contributed by atoms with E-state index in [0.29, 0.717) is 31.5 Å². The number of likely N-dealkylation sites (tertiary alicyclic amines) is 1. The Morgan fingerprint density at radius 2 is 2.10 bits per heavy atom. The fourth-order valence-electron chi connectivity index (χ4n) is 4.94. The van der Waals surface area contributed by atoms with Gasteiger partial charge in [0.1, 0.15) is 12.4 Å². The summed E-state index contributed by atoms with van der Waals surface area (Å²) in [6, 6.07) is 14.4. The number of hydrogen-bond acceptors (Lipinski definition) is 5. The molecule has 3 atom stereocenters. The van der Waals surface area contributed by atoms with Crippen molar-refractivity contribution in [3.63, 3.8) is 0 Å². The van der Waals surface area contributed by atoms with Crippen molar-refractivity contribution in [2.24, 2.45) is 11.8 Å². The molecule has 6 heteroatoms. The summed E-state index contributed by atoms with van der Waals surface area (Å²) in [6.07, 6.45) is 7.69. The van der Waals surface area contributed by atoms with Crippen LogP contribution in [0.5, 0.6) is 5.75 Å². The minimum atomic E-state index is 0.118. The maximum atomic E-state index is 12.2. The first-order valence-corrected chi connectivity index (χ1v) is 11.6. The lowest BCUT2D eigenvalue weighted by molar-refractivity contribution is -0.121. The molecule has 0 aliphatic carbocycles. The summed E-state index contributed by atoms with van der Waals surface area (Å²) < 4.78 is 5.62. The first kappa shape index (κ1) is 21.8. The van der Waals surface area contributed by atoms with E-state index in [4.69, 9.17) is 4.74 Å². The molecule has 2 unspecified atom stereocenters. The van der Waals surface area contributed by atoms with Crippen LogP contribution in [0, 0.1) is 11.8 Å². The summed E-state index contributed by atoms with van der Waals surface area (Å²) in [6.45, 7) is 5.42. The zero-order chi connectivity index (χ0) is 21.3. The van der Waals surface area contributed by atoms with E-state index >= 15 is 0 Å². The molecular formula is C25H34N4O2. The molecule has 2 aromatic rings. The largest absolute Gasteiger partial charge is 0.492 e. The van der Waals surface area contributed by atoms with E-state index in [-0.39, 0.29) is 5.91 Å². The number of para-hydroxylation sites is 1. The second-order valence-electron chi connectivity index (χ2n) is 8.84. The zero-order valence-electron chi connectivity index (χ0n) is 18.2. The molecule has 2 N–H and O–H groups in total. The fraction of sp³-hybridized carbons (Fsp3) is 0.520. The highest BCUT2D eigenvalue weighted by molar-refractivity contribution is 5.75. The summed E-state index contributed by atoms with van der Waals surface area (Å²) >= 11 is 0. The van der Waals surface area contributed by atoms with Crippen molar-refractivity contribution in [2.75, 3.05) is 32.8 Å². The van der Waals surface area contributed by atoms with E-state index in [2.05, 4.69) is 26.6 Å². The quantitative estimate of drug-likeness (QED) is 0.577. The molecular weight excluding hydrogens is 388 g/mol. The molecule has 2 bridgehead atoms. The second kappa shape index (κ2) is 11.3. The molecule has 6 nitrogen and oxygen atoms in total. The number of carbonyl (C=O) groups is 1. The van der Waals surface area contributed by atoms with Gasteiger partial charge in [-0.3, -0.25) is 14.7 Å². The Kier molecular flexibility index (Phi) is 7.91. The highest BCUT2D eigenvalue weighted by atomic mass is 16.5. The molecule has 3 heterocycles. The molecule has 1 aromatic carbocycles. The number of nitrogens with one attached hydrogen (secondary N) is 2. The lowest BCUT2D eigenvalue weighted by Gasteiger charge is -2.46. The van der Waals surface area contributed by atoms with Crippen molar-refractivity contribution in [1.82, 2.24) is 20.5 Å². The van der Waals surface area contributed by atoms with Gasteiger partial charge in [-0.1, -0.05) is 24.3 Å². The number of nitrogens with zero attached hydrogens (tertiary/aromatic N) is 2. The van der Waals surface area contributed by atoms with Crippen LogP contribution in [0.1, 0.15) is 31.2 Å². The number of carbonyl (C=O) groups excluding carboxylic acids is 1. The van der Waals surface area contributed by atoms with Crippen LogP contribution in [0.25, 0.3) is 0 Å². The predicted octanol–water partition coefficient (Wildman–Crippen LogP) is 2.86. The van der Waals surface area contributed by atoms with Gasteiger partial charge in [0.25, 0.3) is 0 Å². The zero-order valence-corrected chi connectivity index (χ0v) is 18.2. The van der Waals surface area contributed by atoms with E-state index in [1.54, 1.807) is 0 Å². The second-order valence-corrected chi connectivity index (χ2v) is 8.84. The average Bonchev–Trinajstić information content (AvgIpc) is 2.80. The molecule has 0 saturated carbocycles. The van der Waals surface area contributed by atoms with Crippen molar-refractivity contribution in [3.05, 3.63) is 60.4 Å². The first-order valence-electron chi connectivity index (χ1n) is 11.6. The van der Waals surface area contributed by atoms with Gasteiger partial charge in [0.05, 0.1) is 6.54 Å². The lowest BCUT2D eigenvalue weighted by atomic mass is 9.79. The van der Waals surface area contributed by atoms with Gasteiger partial charge in [-0.15, -0.1) is 0 Å². The van der Waals surface area contributed by atoms with Crippen LogP contribution in [-0.4, -0.2) is 54.6 Å². The highest BCUT2D eigenvalue weighted by Crippen LogP contribution is 2.31. The number of fused-ring (bicyclic) bond motifs is 2. The van der Waals surface area contributed by atoms with Crippen LogP contribution in [0.3, 0.4) is 0 Å². The average molecular weight is 423 g/mol. The van der Waals surface area contributed by atoms with Gasteiger partial charge in [0.15, 0.2) is 0 Å². The highest BCUT2D eigenvalue weighted by Gasteiger charge is 2.36. The van der Waals surface area contributed by atoms with E-state index in [9.17, 15) is 4.79 Å². The van der Waals surface area contributed by atoms with Gasteiger partial charge in [-0.2, -0.15) is 0 Å².